The minimum Gasteiger partial charge on any atom is -0.463 e. The smallest absolute Gasteiger partial charge is 0.272 e. The van der Waals surface area contributed by atoms with E-state index in [4.69, 9.17) is 16.0 Å². The van der Waals surface area contributed by atoms with E-state index in [1.54, 1.807) is 29.1 Å². The Morgan fingerprint density at radius 2 is 2.08 bits per heavy atom. The summed E-state index contributed by atoms with van der Waals surface area (Å²) in [6.45, 7) is 2.04. The average molecular weight is 356 g/mol. The first-order valence-corrected chi connectivity index (χ1v) is 8.70. The van der Waals surface area contributed by atoms with E-state index in [2.05, 4.69) is 10.4 Å². The van der Waals surface area contributed by atoms with Crippen molar-refractivity contribution in [3.8, 4) is 17.1 Å². The van der Waals surface area contributed by atoms with E-state index in [1.807, 2.05) is 31.2 Å². The minimum atomic E-state index is -0.167. The van der Waals surface area contributed by atoms with Crippen LogP contribution in [0.5, 0.6) is 0 Å². The number of carbonyl (C=O) groups is 1. The average Bonchev–Trinajstić information content (AvgIpc) is 3.14. The number of hydrogen-bond donors (Lipinski definition) is 1. The Kier molecular flexibility index (Phi) is 4.09. The summed E-state index contributed by atoms with van der Waals surface area (Å²) in [5, 5.41) is 8.18. The van der Waals surface area contributed by atoms with E-state index in [9.17, 15) is 4.79 Å². The fourth-order valence-electron chi connectivity index (χ4n) is 2.87. The third-order valence-electron chi connectivity index (χ3n) is 4.47. The molecule has 0 radical (unpaired) electrons. The number of rotatable bonds is 5. The third kappa shape index (κ3) is 3.33. The van der Waals surface area contributed by atoms with Gasteiger partial charge in [-0.25, -0.2) is 4.68 Å². The molecule has 2 heterocycles. The minimum absolute atomic E-state index is 0.167. The Hall–Kier alpha value is -2.53. The highest BCUT2D eigenvalue weighted by molar-refractivity contribution is 6.30. The Balaban J connectivity index is 1.70. The van der Waals surface area contributed by atoms with Crippen molar-refractivity contribution < 1.29 is 9.21 Å². The molecule has 1 aliphatic rings. The summed E-state index contributed by atoms with van der Waals surface area (Å²) in [6.07, 6.45) is 3.96. The number of halogens is 1. The van der Waals surface area contributed by atoms with Crippen LogP contribution < -0.4 is 5.32 Å². The summed E-state index contributed by atoms with van der Waals surface area (Å²) in [7, 11) is 0. The second-order valence-corrected chi connectivity index (χ2v) is 6.82. The van der Waals surface area contributed by atoms with Gasteiger partial charge in [-0.2, -0.15) is 5.10 Å². The van der Waals surface area contributed by atoms with Gasteiger partial charge in [0.1, 0.15) is 5.69 Å². The first-order valence-electron chi connectivity index (χ1n) is 8.32. The van der Waals surface area contributed by atoms with Crippen LogP contribution >= 0.6 is 11.6 Å². The van der Waals surface area contributed by atoms with E-state index < -0.39 is 0 Å². The monoisotopic (exact) mass is 355 g/mol. The molecule has 128 valence electrons. The van der Waals surface area contributed by atoms with E-state index in [0.29, 0.717) is 22.4 Å². The highest BCUT2D eigenvalue weighted by Gasteiger charge is 2.30. The molecule has 0 saturated heterocycles. The molecule has 25 heavy (non-hydrogen) atoms. The van der Waals surface area contributed by atoms with E-state index >= 15 is 0 Å². The van der Waals surface area contributed by atoms with Gasteiger partial charge in [-0.05, 0) is 62.1 Å². The van der Waals surface area contributed by atoms with Crippen molar-refractivity contribution in [2.75, 3.05) is 0 Å². The second kappa shape index (κ2) is 6.41. The number of carbonyl (C=O) groups excluding carboxylic acids is 1. The Morgan fingerprint density at radius 1 is 1.32 bits per heavy atom. The second-order valence-electron chi connectivity index (χ2n) is 6.38. The van der Waals surface area contributed by atoms with Gasteiger partial charge < -0.3 is 9.73 Å². The number of nitrogens with zero attached hydrogens (tertiary/aromatic N) is 2. The molecule has 0 spiro atoms. The lowest BCUT2D eigenvalue weighted by Crippen LogP contribution is -2.34. The van der Waals surface area contributed by atoms with Gasteiger partial charge in [0.05, 0.1) is 12.0 Å². The van der Waals surface area contributed by atoms with Crippen LogP contribution in [-0.2, 0) is 0 Å². The zero-order chi connectivity index (χ0) is 17.4. The molecule has 1 N–H and O–H groups in total. The highest BCUT2D eigenvalue weighted by atomic mass is 35.5. The number of aromatic nitrogens is 2. The fraction of sp³-hybridized carbons (Fsp3) is 0.263. The zero-order valence-electron chi connectivity index (χ0n) is 13.8. The van der Waals surface area contributed by atoms with Crippen molar-refractivity contribution in [3.05, 3.63) is 59.4 Å². The van der Waals surface area contributed by atoms with E-state index in [0.717, 1.165) is 11.4 Å². The van der Waals surface area contributed by atoms with Crippen molar-refractivity contribution in [2.24, 2.45) is 5.92 Å². The van der Waals surface area contributed by atoms with Gasteiger partial charge in [-0.15, -0.1) is 0 Å². The first-order chi connectivity index (χ1) is 12.1. The maximum absolute atomic E-state index is 12.6. The Morgan fingerprint density at radius 3 is 2.72 bits per heavy atom. The number of nitrogens with one attached hydrogen (secondary N) is 1. The van der Waals surface area contributed by atoms with Crippen molar-refractivity contribution in [1.82, 2.24) is 15.1 Å². The maximum atomic E-state index is 12.6. The summed E-state index contributed by atoms with van der Waals surface area (Å²) in [4.78, 5) is 12.6. The predicted molar refractivity (Wildman–Crippen MR) is 95.9 cm³/mol. The predicted octanol–water partition coefficient (Wildman–Crippen LogP) is 4.31. The van der Waals surface area contributed by atoms with Gasteiger partial charge in [0, 0.05) is 17.1 Å². The number of furan rings is 1. The van der Waals surface area contributed by atoms with Gasteiger partial charge >= 0.3 is 0 Å². The summed E-state index contributed by atoms with van der Waals surface area (Å²) in [5.41, 5.74) is 1.90. The lowest BCUT2D eigenvalue weighted by molar-refractivity contribution is 0.0930. The Labute approximate surface area is 150 Å². The SMILES string of the molecule is CC(NC(=O)c1cc(-c2ccco2)n(-c2ccc(Cl)cc2)n1)C1CC1. The standard InChI is InChI=1S/C19H18ClN3O2/c1-12(13-4-5-13)21-19(24)16-11-17(18-3-2-10-25-18)23(22-16)15-8-6-14(20)7-9-15/h2-3,6-13H,4-5H2,1H3,(H,21,24). The number of amides is 1. The molecule has 5 nitrogen and oxygen atoms in total. The molecule has 0 aliphatic heterocycles. The van der Waals surface area contributed by atoms with Crippen LogP contribution in [-0.4, -0.2) is 21.7 Å². The molecule has 1 fully saturated rings. The van der Waals surface area contributed by atoms with Crippen LogP contribution in [0.25, 0.3) is 17.1 Å². The van der Waals surface area contributed by atoms with Crippen LogP contribution in [0.4, 0.5) is 0 Å². The molecule has 1 aromatic carbocycles. The molecule has 1 saturated carbocycles. The van der Waals surface area contributed by atoms with E-state index in [-0.39, 0.29) is 11.9 Å². The number of benzene rings is 1. The summed E-state index contributed by atoms with van der Waals surface area (Å²) in [6, 6.07) is 12.9. The van der Waals surface area contributed by atoms with Crippen LogP contribution in [0, 0.1) is 5.92 Å². The third-order valence-corrected chi connectivity index (χ3v) is 4.73. The molecule has 4 rings (SSSR count). The van der Waals surface area contributed by atoms with Crippen LogP contribution in [0.3, 0.4) is 0 Å². The van der Waals surface area contributed by atoms with Crippen molar-refractivity contribution >= 4 is 17.5 Å². The van der Waals surface area contributed by atoms with Crippen LogP contribution in [0.15, 0.2) is 53.1 Å². The molecular weight excluding hydrogens is 338 g/mol. The Bertz CT molecular complexity index is 880. The van der Waals surface area contributed by atoms with Gasteiger partial charge in [-0.1, -0.05) is 11.6 Å². The van der Waals surface area contributed by atoms with Crippen LogP contribution in [0.2, 0.25) is 5.02 Å². The molecule has 0 bridgehead atoms. The molecule has 6 heteroatoms. The van der Waals surface area contributed by atoms with Gasteiger partial charge in [0.15, 0.2) is 11.5 Å². The van der Waals surface area contributed by atoms with Crippen molar-refractivity contribution in [2.45, 2.75) is 25.8 Å². The molecular formula is C19H18ClN3O2. The summed E-state index contributed by atoms with van der Waals surface area (Å²) < 4.78 is 7.21. The van der Waals surface area contributed by atoms with E-state index in [1.165, 1.54) is 12.8 Å². The maximum Gasteiger partial charge on any atom is 0.272 e. The first kappa shape index (κ1) is 16.0. The van der Waals surface area contributed by atoms with Crippen LogP contribution in [0.1, 0.15) is 30.3 Å². The molecule has 1 amide bonds. The zero-order valence-corrected chi connectivity index (χ0v) is 14.5. The number of hydrogen-bond acceptors (Lipinski definition) is 3. The molecule has 1 atom stereocenters. The molecule has 1 aliphatic carbocycles. The topological polar surface area (TPSA) is 60.1 Å². The molecule has 3 aromatic rings. The van der Waals surface area contributed by atoms with Gasteiger partial charge in [0.2, 0.25) is 0 Å². The highest BCUT2D eigenvalue weighted by Crippen LogP contribution is 2.32. The van der Waals surface area contributed by atoms with Crippen molar-refractivity contribution in [1.29, 1.82) is 0 Å². The summed E-state index contributed by atoms with van der Waals surface area (Å²) >= 11 is 5.97. The largest absolute Gasteiger partial charge is 0.463 e. The molecule has 1 unspecified atom stereocenters. The lowest BCUT2D eigenvalue weighted by atomic mass is 10.2. The van der Waals surface area contributed by atoms with Gasteiger partial charge in [0.25, 0.3) is 5.91 Å². The molecule has 2 aromatic heterocycles. The fourth-order valence-corrected chi connectivity index (χ4v) is 2.99. The van der Waals surface area contributed by atoms with Crippen molar-refractivity contribution in [3.63, 3.8) is 0 Å². The quantitative estimate of drug-likeness (QED) is 0.741. The van der Waals surface area contributed by atoms with Gasteiger partial charge in [-0.3, -0.25) is 4.79 Å². The normalized spacial score (nSPS) is 15.1. The summed E-state index contributed by atoms with van der Waals surface area (Å²) in [5.74, 6) is 1.07. The lowest BCUT2D eigenvalue weighted by Gasteiger charge is -2.11.